The molecule has 2 aliphatic rings. The Balaban J connectivity index is 2.01. The van der Waals surface area contributed by atoms with Gasteiger partial charge in [-0.1, -0.05) is 42.5 Å². The molecule has 0 spiro atoms. The first-order chi connectivity index (χ1) is 13.1. The van der Waals surface area contributed by atoms with Crippen molar-refractivity contribution in [1.29, 1.82) is 5.26 Å². The molecular weight excluding hydrogens is 360 g/mol. The number of nitrogens with two attached hydrogens (primary N) is 1. The summed E-state index contributed by atoms with van der Waals surface area (Å²) in [5.74, 6) is -0.162. The van der Waals surface area contributed by atoms with Crippen molar-refractivity contribution in [2.45, 2.75) is 13.0 Å². The Morgan fingerprint density at radius 2 is 2.04 bits per heavy atom. The first kappa shape index (κ1) is 17.2. The zero-order chi connectivity index (χ0) is 19.1. The van der Waals surface area contributed by atoms with Gasteiger partial charge in [0.15, 0.2) is 5.17 Å². The molecule has 134 valence electrons. The van der Waals surface area contributed by atoms with Crippen LogP contribution >= 0.6 is 11.8 Å². The molecule has 0 bridgehead atoms. The van der Waals surface area contributed by atoms with E-state index >= 15 is 0 Å². The fraction of sp³-hybridized carbons (Fsp3) is 0.150. The maximum absolute atomic E-state index is 12.6. The Morgan fingerprint density at radius 3 is 2.78 bits per heavy atom. The minimum atomic E-state index is -0.519. The molecule has 2 aromatic rings. The van der Waals surface area contributed by atoms with Crippen LogP contribution in [0.15, 0.2) is 69.5 Å². The van der Waals surface area contributed by atoms with Crippen molar-refractivity contribution in [2.75, 3.05) is 7.11 Å². The number of ether oxygens (including phenoxy) is 1. The van der Waals surface area contributed by atoms with Gasteiger partial charge in [0.25, 0.3) is 0 Å². The van der Waals surface area contributed by atoms with E-state index in [4.69, 9.17) is 10.5 Å². The number of thioether (sulfide) groups is 1. The van der Waals surface area contributed by atoms with Gasteiger partial charge in [0.05, 0.1) is 24.4 Å². The molecule has 0 saturated carbocycles. The summed E-state index contributed by atoms with van der Waals surface area (Å²) in [6.45, 7) is 1.77. The van der Waals surface area contributed by atoms with Gasteiger partial charge in [-0.25, -0.2) is 9.79 Å². The Bertz CT molecular complexity index is 1110. The highest BCUT2D eigenvalue weighted by Gasteiger charge is 2.42. The summed E-state index contributed by atoms with van der Waals surface area (Å²) in [6, 6.07) is 15.5. The number of nitriles is 1. The first-order valence-corrected chi connectivity index (χ1v) is 9.10. The zero-order valence-electron chi connectivity index (χ0n) is 14.8. The zero-order valence-corrected chi connectivity index (χ0v) is 15.6. The van der Waals surface area contributed by atoms with Crippen molar-refractivity contribution in [3.63, 3.8) is 0 Å². The van der Waals surface area contributed by atoms with Crippen LogP contribution in [0.1, 0.15) is 18.5 Å². The van der Waals surface area contributed by atoms with E-state index in [-0.39, 0.29) is 0 Å². The third kappa shape index (κ3) is 2.57. The molecular formula is C20H16N4O2S. The summed E-state index contributed by atoms with van der Waals surface area (Å²) in [6.07, 6.45) is 0. The second-order valence-electron chi connectivity index (χ2n) is 6.15. The highest BCUT2D eigenvalue weighted by Crippen LogP contribution is 2.46. The Hall–Kier alpha value is -3.24. The van der Waals surface area contributed by atoms with Gasteiger partial charge in [0, 0.05) is 0 Å². The molecule has 1 atom stereocenters. The van der Waals surface area contributed by atoms with Crippen molar-refractivity contribution in [1.82, 2.24) is 4.90 Å². The lowest BCUT2D eigenvalue weighted by molar-refractivity contribution is -0.136. The predicted octanol–water partition coefficient (Wildman–Crippen LogP) is 3.40. The van der Waals surface area contributed by atoms with Gasteiger partial charge >= 0.3 is 5.97 Å². The lowest BCUT2D eigenvalue weighted by Crippen LogP contribution is -2.38. The molecule has 7 heteroatoms. The van der Waals surface area contributed by atoms with Crippen LogP contribution in [0, 0.1) is 11.3 Å². The summed E-state index contributed by atoms with van der Waals surface area (Å²) < 4.78 is 5.04. The average Bonchev–Trinajstić information content (AvgIpc) is 3.01. The number of allylic oxidation sites excluding steroid dienone is 2. The number of benzene rings is 2. The van der Waals surface area contributed by atoms with Gasteiger partial charge in [0.1, 0.15) is 16.8 Å². The van der Waals surface area contributed by atoms with Crippen molar-refractivity contribution in [3.05, 3.63) is 70.0 Å². The molecule has 0 fully saturated rings. The van der Waals surface area contributed by atoms with Gasteiger partial charge in [-0.05, 0) is 35.0 Å². The van der Waals surface area contributed by atoms with Crippen LogP contribution in [0.3, 0.4) is 0 Å². The molecule has 6 nitrogen and oxygen atoms in total. The third-order valence-corrected chi connectivity index (χ3v) is 5.68. The molecule has 0 saturated heterocycles. The Morgan fingerprint density at radius 1 is 1.30 bits per heavy atom. The van der Waals surface area contributed by atoms with E-state index in [2.05, 4.69) is 11.1 Å². The number of aliphatic imine (C=N–C) groups is 1. The van der Waals surface area contributed by atoms with E-state index in [0.717, 1.165) is 16.3 Å². The van der Waals surface area contributed by atoms with Crippen molar-refractivity contribution < 1.29 is 9.53 Å². The molecule has 0 aromatic heterocycles. The maximum atomic E-state index is 12.6. The summed E-state index contributed by atoms with van der Waals surface area (Å²) >= 11 is 1.21. The van der Waals surface area contributed by atoms with Gasteiger partial charge in [-0.3, -0.25) is 4.90 Å². The minimum absolute atomic E-state index is 0.299. The second kappa shape index (κ2) is 6.49. The number of nitrogens with zero attached hydrogens (tertiary/aromatic N) is 3. The maximum Gasteiger partial charge on any atom is 0.338 e. The highest BCUT2D eigenvalue weighted by atomic mass is 32.2. The third-order valence-electron chi connectivity index (χ3n) is 4.70. The number of rotatable bonds is 2. The monoisotopic (exact) mass is 376 g/mol. The summed E-state index contributed by atoms with van der Waals surface area (Å²) in [5.41, 5.74) is 8.16. The molecule has 0 unspecified atom stereocenters. The number of hydrogen-bond donors (Lipinski definition) is 1. The van der Waals surface area contributed by atoms with Crippen molar-refractivity contribution in [3.8, 4) is 6.07 Å². The molecule has 4 rings (SSSR count). The van der Waals surface area contributed by atoms with Crippen LogP contribution < -0.4 is 5.73 Å². The minimum Gasteiger partial charge on any atom is -0.466 e. The Labute approximate surface area is 160 Å². The normalized spacial score (nSPS) is 19.1. The van der Waals surface area contributed by atoms with Gasteiger partial charge in [-0.2, -0.15) is 5.26 Å². The van der Waals surface area contributed by atoms with E-state index in [1.165, 1.54) is 18.9 Å². The van der Waals surface area contributed by atoms with Gasteiger partial charge in [-0.15, -0.1) is 0 Å². The molecule has 27 heavy (non-hydrogen) atoms. The van der Waals surface area contributed by atoms with Crippen molar-refractivity contribution >= 4 is 33.7 Å². The fourth-order valence-electron chi connectivity index (χ4n) is 3.49. The highest BCUT2D eigenvalue weighted by molar-refractivity contribution is 8.17. The van der Waals surface area contributed by atoms with E-state index < -0.39 is 12.0 Å². The molecule has 0 aliphatic carbocycles. The summed E-state index contributed by atoms with van der Waals surface area (Å²) in [7, 11) is 1.35. The predicted molar refractivity (Wildman–Crippen MR) is 105 cm³/mol. The number of esters is 1. The largest absolute Gasteiger partial charge is 0.466 e. The van der Waals surface area contributed by atoms with E-state index in [1.54, 1.807) is 11.8 Å². The van der Waals surface area contributed by atoms with E-state index in [1.807, 2.05) is 42.5 Å². The lowest BCUT2D eigenvalue weighted by Gasteiger charge is -2.35. The van der Waals surface area contributed by atoms with Crippen LogP contribution in [0.5, 0.6) is 0 Å². The number of hydrogen-bond acceptors (Lipinski definition) is 7. The van der Waals surface area contributed by atoms with Crippen LogP contribution in [0.4, 0.5) is 0 Å². The fourth-order valence-corrected chi connectivity index (χ4v) is 4.41. The molecule has 0 radical (unpaired) electrons. The van der Waals surface area contributed by atoms with E-state index in [9.17, 15) is 10.1 Å². The second-order valence-corrected chi connectivity index (χ2v) is 7.13. The van der Waals surface area contributed by atoms with Crippen LogP contribution in [0.25, 0.3) is 10.8 Å². The standard InChI is InChI=1S/C20H16N4O2S/c1-11-16(19(25)26-2)17(24-18(22)15(10-21)27-20(24)23-11)14-9-5-7-12-6-3-4-8-13(12)14/h3-9,17H,22H2,1-2H3/t17-/m1/s1. The lowest BCUT2D eigenvalue weighted by atomic mass is 9.90. The van der Waals surface area contributed by atoms with Gasteiger partial charge < -0.3 is 10.5 Å². The van der Waals surface area contributed by atoms with Gasteiger partial charge in [0.2, 0.25) is 0 Å². The summed E-state index contributed by atoms with van der Waals surface area (Å²) in [4.78, 5) is 19.3. The summed E-state index contributed by atoms with van der Waals surface area (Å²) in [5, 5.41) is 12.0. The van der Waals surface area contributed by atoms with Crippen LogP contribution in [-0.4, -0.2) is 23.1 Å². The molecule has 2 aliphatic heterocycles. The Kier molecular flexibility index (Phi) is 4.13. The van der Waals surface area contributed by atoms with Crippen molar-refractivity contribution in [2.24, 2.45) is 10.7 Å². The first-order valence-electron chi connectivity index (χ1n) is 8.29. The van der Waals surface area contributed by atoms with Crippen LogP contribution in [-0.2, 0) is 9.53 Å². The average molecular weight is 376 g/mol. The number of fused-ring (bicyclic) bond motifs is 2. The molecule has 2 N–H and O–H groups in total. The molecule has 2 heterocycles. The number of amidine groups is 1. The number of methoxy groups -OCH3 is 1. The SMILES string of the molecule is COC(=O)C1=C(C)N=C2SC(C#N)=C(N)N2[C@@H]1c1cccc2ccccc12. The molecule has 2 aromatic carbocycles. The number of carbonyl (C=O) groups excluding carboxylic acids is 1. The smallest absolute Gasteiger partial charge is 0.338 e. The van der Waals surface area contributed by atoms with E-state index in [0.29, 0.717) is 27.2 Å². The number of carbonyl (C=O) groups is 1. The topological polar surface area (TPSA) is 91.7 Å². The molecule has 0 amide bonds. The quantitative estimate of drug-likeness (QED) is 0.808. The van der Waals surface area contributed by atoms with Crippen LogP contribution in [0.2, 0.25) is 0 Å².